The summed E-state index contributed by atoms with van der Waals surface area (Å²) in [6, 6.07) is 9.17. The van der Waals surface area contributed by atoms with Gasteiger partial charge in [-0.2, -0.15) is 0 Å². The third-order valence-electron chi connectivity index (χ3n) is 8.28. The zero-order valence-electron chi connectivity index (χ0n) is 19.5. The zero-order chi connectivity index (χ0) is 26.1. The number of pyridine rings is 1. The number of benzene rings is 2. The second-order valence-electron chi connectivity index (χ2n) is 10.6. The first-order chi connectivity index (χ1) is 17.7. The van der Waals surface area contributed by atoms with E-state index < -0.39 is 46.5 Å². The average molecular weight is 515 g/mol. The van der Waals surface area contributed by atoms with Crippen molar-refractivity contribution in [3.8, 4) is 0 Å². The van der Waals surface area contributed by atoms with Crippen molar-refractivity contribution in [1.82, 2.24) is 15.8 Å². The number of carbonyl (C=O) groups excluding carboxylic acids is 2. The molecule has 0 unspecified atom stereocenters. The van der Waals surface area contributed by atoms with Crippen LogP contribution in [0.25, 0.3) is 10.9 Å². The molecular weight excluding hydrogens is 493 g/mol. The topological polar surface area (TPSA) is 71.1 Å². The van der Waals surface area contributed by atoms with Crippen molar-refractivity contribution in [3.63, 3.8) is 0 Å². The lowest BCUT2D eigenvalue weighted by Crippen LogP contribution is -2.48. The number of rotatable bonds is 3. The fraction of sp³-hybridized carbons (Fsp3) is 0.370. The Bertz CT molecular complexity index is 1410. The summed E-state index contributed by atoms with van der Waals surface area (Å²) in [4.78, 5) is 29.6. The van der Waals surface area contributed by atoms with E-state index in [1.165, 1.54) is 19.3 Å². The quantitative estimate of drug-likeness (QED) is 0.210. The average Bonchev–Trinajstić information content (AvgIpc) is 2.88. The number of fused-ring (bicyclic) bond motifs is 1. The van der Waals surface area contributed by atoms with Crippen molar-refractivity contribution < 1.29 is 31.5 Å². The number of para-hydroxylation sites is 1. The first-order valence-corrected chi connectivity index (χ1v) is 12.2. The van der Waals surface area contributed by atoms with E-state index in [2.05, 4.69) is 4.98 Å². The van der Waals surface area contributed by atoms with Crippen LogP contribution in [-0.2, 0) is 5.41 Å². The van der Waals surface area contributed by atoms with Gasteiger partial charge in [0.2, 0.25) is 5.82 Å². The van der Waals surface area contributed by atoms with E-state index in [9.17, 15) is 31.5 Å². The third-order valence-corrected chi connectivity index (χ3v) is 8.28. The first-order valence-electron chi connectivity index (χ1n) is 12.2. The van der Waals surface area contributed by atoms with Gasteiger partial charge in [-0.15, -0.1) is 0 Å². The molecule has 2 amide bonds. The van der Waals surface area contributed by atoms with Crippen molar-refractivity contribution in [2.45, 2.75) is 43.9 Å². The van der Waals surface area contributed by atoms with Crippen LogP contribution >= 0.6 is 0 Å². The van der Waals surface area contributed by atoms with Gasteiger partial charge in [0, 0.05) is 5.39 Å². The van der Waals surface area contributed by atoms with Gasteiger partial charge < -0.3 is 0 Å². The standard InChI is InChI=1S/C27H22F5N3O2/c28-20-19(21(29)23(31)24(32)22(20)30)26(37)35-34-25(36)18-8-16(15-3-1-2-4-17(15)33-18)27-9-12-5-13(10-27)7-14(6-12)11-27/h1-4,8,12-14H,5-7,9-11H2,(H,34,36)(H,35,37). The minimum atomic E-state index is -2.38. The number of hydrazine groups is 1. The summed E-state index contributed by atoms with van der Waals surface area (Å²) in [5, 5.41) is 0.950. The van der Waals surface area contributed by atoms with Crippen molar-refractivity contribution >= 4 is 22.7 Å². The van der Waals surface area contributed by atoms with E-state index in [1.54, 1.807) is 23.6 Å². The molecule has 0 aliphatic heterocycles. The molecule has 7 rings (SSSR count). The van der Waals surface area contributed by atoms with Gasteiger partial charge in [-0.25, -0.2) is 26.9 Å². The highest BCUT2D eigenvalue weighted by molar-refractivity contribution is 6.00. The van der Waals surface area contributed by atoms with E-state index in [0.717, 1.165) is 30.2 Å². The summed E-state index contributed by atoms with van der Waals surface area (Å²) in [5.74, 6) is -12.1. The monoisotopic (exact) mass is 515 g/mol. The van der Waals surface area contributed by atoms with Gasteiger partial charge >= 0.3 is 0 Å². The Balaban J connectivity index is 1.31. The third kappa shape index (κ3) is 3.76. The predicted molar refractivity (Wildman–Crippen MR) is 123 cm³/mol. The number of carbonyl (C=O) groups is 2. The molecule has 2 aromatic carbocycles. The molecule has 5 nitrogen and oxygen atoms in total. The van der Waals surface area contributed by atoms with E-state index in [1.807, 2.05) is 17.6 Å². The second kappa shape index (κ2) is 8.49. The molecule has 4 bridgehead atoms. The number of hydrogen-bond acceptors (Lipinski definition) is 3. The Morgan fingerprint density at radius 2 is 1.27 bits per heavy atom. The van der Waals surface area contributed by atoms with Gasteiger partial charge in [0.05, 0.1) is 5.52 Å². The first kappa shape index (κ1) is 23.8. The van der Waals surface area contributed by atoms with Crippen LogP contribution in [0.4, 0.5) is 22.0 Å². The van der Waals surface area contributed by atoms with Crippen molar-refractivity contribution in [3.05, 3.63) is 76.2 Å². The molecular formula is C27H22F5N3O2. The molecule has 192 valence electrons. The molecule has 10 heteroatoms. The van der Waals surface area contributed by atoms with E-state index >= 15 is 0 Å². The van der Waals surface area contributed by atoms with E-state index in [-0.39, 0.29) is 11.1 Å². The molecule has 4 aliphatic carbocycles. The maximum Gasteiger partial charge on any atom is 0.288 e. The molecule has 1 heterocycles. The minimum Gasteiger partial charge on any atom is -0.267 e. The normalized spacial score (nSPS) is 25.9. The summed E-state index contributed by atoms with van der Waals surface area (Å²) in [6.45, 7) is 0. The number of nitrogens with zero attached hydrogens (tertiary/aromatic N) is 1. The molecule has 0 radical (unpaired) electrons. The molecule has 3 aromatic rings. The summed E-state index contributed by atoms with van der Waals surface area (Å²) < 4.78 is 68.2. The lowest BCUT2D eigenvalue weighted by atomic mass is 9.48. The molecule has 4 aliphatic rings. The highest BCUT2D eigenvalue weighted by Gasteiger charge is 2.52. The number of amides is 2. The maximum absolute atomic E-state index is 14.0. The smallest absolute Gasteiger partial charge is 0.267 e. The van der Waals surface area contributed by atoms with Crippen LogP contribution in [0.5, 0.6) is 0 Å². The van der Waals surface area contributed by atoms with Crippen molar-refractivity contribution in [1.29, 1.82) is 0 Å². The van der Waals surface area contributed by atoms with Crippen LogP contribution in [0.15, 0.2) is 30.3 Å². The predicted octanol–water partition coefficient (Wildman–Crippen LogP) is 5.47. The molecule has 0 spiro atoms. The van der Waals surface area contributed by atoms with Crippen molar-refractivity contribution in [2.75, 3.05) is 0 Å². The fourth-order valence-corrected chi connectivity index (χ4v) is 7.22. The highest BCUT2D eigenvalue weighted by Crippen LogP contribution is 2.61. The van der Waals surface area contributed by atoms with Crippen LogP contribution in [0.3, 0.4) is 0 Å². The van der Waals surface area contributed by atoms with E-state index in [0.29, 0.717) is 23.3 Å². The van der Waals surface area contributed by atoms with E-state index in [4.69, 9.17) is 0 Å². The van der Waals surface area contributed by atoms with Crippen LogP contribution in [0, 0.1) is 46.8 Å². The van der Waals surface area contributed by atoms with Gasteiger partial charge in [-0.3, -0.25) is 20.4 Å². The molecule has 0 saturated heterocycles. The molecule has 1 aromatic heterocycles. The number of aromatic nitrogens is 1. The SMILES string of the molecule is O=C(NNC(=O)c1c(F)c(F)c(F)c(F)c1F)c1cc(C23CC4CC(CC(C4)C2)C3)c2ccccc2n1. The molecule has 2 N–H and O–H groups in total. The van der Waals surface area contributed by atoms with Gasteiger partial charge in [0.1, 0.15) is 11.3 Å². The van der Waals surface area contributed by atoms with Crippen molar-refractivity contribution in [2.24, 2.45) is 17.8 Å². The fourth-order valence-electron chi connectivity index (χ4n) is 7.22. The van der Waals surface area contributed by atoms with Crippen LogP contribution in [0.2, 0.25) is 0 Å². The second-order valence-corrected chi connectivity index (χ2v) is 10.6. The molecule has 37 heavy (non-hydrogen) atoms. The Kier molecular flexibility index (Phi) is 5.47. The van der Waals surface area contributed by atoms with Gasteiger partial charge in [0.25, 0.3) is 11.8 Å². The largest absolute Gasteiger partial charge is 0.288 e. The summed E-state index contributed by atoms with van der Waals surface area (Å²) in [5.41, 5.74) is 3.55. The summed E-state index contributed by atoms with van der Waals surface area (Å²) in [6.07, 6.45) is 6.80. The Hall–Kier alpha value is -3.56. The minimum absolute atomic E-state index is 0.0258. The van der Waals surface area contributed by atoms with Gasteiger partial charge in [-0.1, -0.05) is 18.2 Å². The van der Waals surface area contributed by atoms with Gasteiger partial charge in [-0.05, 0) is 79.4 Å². The Morgan fingerprint density at radius 1 is 0.757 bits per heavy atom. The number of hydrogen-bond donors (Lipinski definition) is 2. The van der Waals surface area contributed by atoms with Crippen LogP contribution in [0.1, 0.15) is 64.9 Å². The maximum atomic E-state index is 14.0. The number of nitrogens with one attached hydrogen (secondary N) is 2. The van der Waals surface area contributed by atoms with Crippen LogP contribution in [-0.4, -0.2) is 16.8 Å². The molecule has 4 fully saturated rings. The Labute approximate surface area is 208 Å². The lowest BCUT2D eigenvalue weighted by molar-refractivity contribution is -0.00454. The summed E-state index contributed by atoms with van der Waals surface area (Å²) in [7, 11) is 0. The molecule has 4 saturated carbocycles. The lowest BCUT2D eigenvalue weighted by Gasteiger charge is -2.57. The number of halogens is 5. The molecule has 0 atom stereocenters. The Morgan fingerprint density at radius 3 is 1.86 bits per heavy atom. The highest BCUT2D eigenvalue weighted by atomic mass is 19.2. The van der Waals surface area contributed by atoms with Gasteiger partial charge in [0.15, 0.2) is 23.3 Å². The zero-order valence-corrected chi connectivity index (χ0v) is 19.5. The summed E-state index contributed by atoms with van der Waals surface area (Å²) >= 11 is 0. The van der Waals surface area contributed by atoms with Crippen LogP contribution < -0.4 is 10.9 Å².